The maximum atomic E-state index is 7.94. The Balaban J connectivity index is 0.000000280. The minimum absolute atomic E-state index is 0.122. The monoisotopic (exact) mass is 328 g/mol. The first-order valence-corrected chi connectivity index (χ1v) is 8.49. The summed E-state index contributed by atoms with van der Waals surface area (Å²) in [5.41, 5.74) is 0. The van der Waals surface area contributed by atoms with Gasteiger partial charge in [-0.1, -0.05) is 72.8 Å². The molecule has 5 aromatic rings. The number of benzene rings is 5. The number of fused-ring (bicyclic) bond motifs is 2. The highest BCUT2D eigenvalue weighted by atomic mass is 16.5. The first-order chi connectivity index (χ1) is 12.3. The van der Waals surface area contributed by atoms with E-state index in [0.717, 1.165) is 0 Å². The molecule has 0 amide bonds. The molecule has 0 unspecified atom stereocenters. The van der Waals surface area contributed by atoms with Gasteiger partial charge in [0.15, 0.2) is 0 Å². The Hall–Kier alpha value is -2.68. The van der Waals surface area contributed by atoms with Crippen molar-refractivity contribution in [1.29, 1.82) is 0 Å². The summed E-state index contributed by atoms with van der Waals surface area (Å²) in [5.74, 6) is 0. The van der Waals surface area contributed by atoms with E-state index in [2.05, 4.69) is 77.5 Å². The number of ether oxygens (including phenoxy) is 1. The maximum Gasteiger partial charge on any atom is 0.0693 e. The first-order valence-electron chi connectivity index (χ1n) is 8.49. The second-order valence-electron chi connectivity index (χ2n) is 6.13. The highest BCUT2D eigenvalue weighted by Crippen LogP contribution is 2.39. The lowest BCUT2D eigenvalue weighted by atomic mass is 9.90. The van der Waals surface area contributed by atoms with Crippen LogP contribution in [0.1, 0.15) is 0 Å². The molecule has 5 rings (SSSR count). The molecule has 5 aromatic carbocycles. The number of rotatable bonds is 2. The van der Waals surface area contributed by atoms with Gasteiger partial charge in [0.25, 0.3) is 0 Å². The van der Waals surface area contributed by atoms with Gasteiger partial charge in [-0.3, -0.25) is 0 Å². The van der Waals surface area contributed by atoms with Gasteiger partial charge in [0.1, 0.15) is 0 Å². The molecule has 0 spiro atoms. The van der Waals surface area contributed by atoms with Crippen molar-refractivity contribution >= 4 is 43.1 Å². The largest absolute Gasteiger partial charge is 0.394 e. The lowest BCUT2D eigenvalue weighted by molar-refractivity contribution is 0.135. The van der Waals surface area contributed by atoms with Gasteiger partial charge in [-0.25, -0.2) is 0 Å². The van der Waals surface area contributed by atoms with E-state index in [9.17, 15) is 0 Å². The lowest BCUT2D eigenvalue weighted by Crippen LogP contribution is -1.91. The Morgan fingerprint density at radius 1 is 0.640 bits per heavy atom. The van der Waals surface area contributed by atoms with Crippen LogP contribution in [-0.4, -0.2) is 25.4 Å². The molecular formula is C23H20O2. The Kier molecular flexibility index (Phi) is 4.22. The van der Waals surface area contributed by atoms with Crippen molar-refractivity contribution in [2.75, 3.05) is 20.3 Å². The van der Waals surface area contributed by atoms with Gasteiger partial charge >= 0.3 is 0 Å². The van der Waals surface area contributed by atoms with E-state index in [1.54, 1.807) is 7.11 Å². The second kappa shape index (κ2) is 6.67. The zero-order valence-electron chi connectivity index (χ0n) is 14.2. The molecule has 0 fully saturated rings. The van der Waals surface area contributed by atoms with E-state index in [4.69, 9.17) is 5.11 Å². The standard InChI is InChI=1S/C20H12.C3H8O2/c1-5-13-6-2-11-17-18-12-4-8-14-7-3-10-16(20(14)18)15(9-1)19(13)17;1-5-3-2-4/h1-12H;4H,2-3H2,1H3. The van der Waals surface area contributed by atoms with Crippen LogP contribution < -0.4 is 0 Å². The second-order valence-corrected chi connectivity index (χ2v) is 6.13. The first kappa shape index (κ1) is 15.8. The molecule has 0 aliphatic carbocycles. The summed E-state index contributed by atoms with van der Waals surface area (Å²) < 4.78 is 4.44. The molecule has 0 saturated carbocycles. The van der Waals surface area contributed by atoms with E-state index >= 15 is 0 Å². The molecule has 0 saturated heterocycles. The van der Waals surface area contributed by atoms with Crippen LogP contribution in [0.2, 0.25) is 0 Å². The molecule has 0 aromatic heterocycles. The molecule has 0 aliphatic rings. The van der Waals surface area contributed by atoms with Gasteiger partial charge in [0.05, 0.1) is 13.2 Å². The molecule has 2 nitrogen and oxygen atoms in total. The van der Waals surface area contributed by atoms with Crippen molar-refractivity contribution in [2.24, 2.45) is 0 Å². The van der Waals surface area contributed by atoms with Gasteiger partial charge in [0, 0.05) is 7.11 Å². The quantitative estimate of drug-likeness (QED) is 0.349. The normalized spacial score (nSPS) is 11.3. The van der Waals surface area contributed by atoms with Crippen molar-refractivity contribution in [1.82, 2.24) is 0 Å². The summed E-state index contributed by atoms with van der Waals surface area (Å²) in [4.78, 5) is 0. The van der Waals surface area contributed by atoms with Gasteiger partial charge in [-0.05, 0) is 43.1 Å². The van der Waals surface area contributed by atoms with Crippen LogP contribution in [0.3, 0.4) is 0 Å². The third-order valence-electron chi connectivity index (χ3n) is 4.69. The molecular weight excluding hydrogens is 308 g/mol. The van der Waals surface area contributed by atoms with Crippen molar-refractivity contribution in [3.63, 3.8) is 0 Å². The van der Waals surface area contributed by atoms with Gasteiger partial charge in [-0.2, -0.15) is 0 Å². The molecule has 124 valence electrons. The van der Waals surface area contributed by atoms with Crippen molar-refractivity contribution in [3.05, 3.63) is 72.8 Å². The van der Waals surface area contributed by atoms with Crippen LogP contribution in [0.5, 0.6) is 0 Å². The molecule has 25 heavy (non-hydrogen) atoms. The van der Waals surface area contributed by atoms with E-state index in [0.29, 0.717) is 6.61 Å². The van der Waals surface area contributed by atoms with Gasteiger partial charge in [0.2, 0.25) is 0 Å². The highest BCUT2D eigenvalue weighted by molar-refractivity contribution is 6.32. The zero-order chi connectivity index (χ0) is 17.2. The van der Waals surface area contributed by atoms with Crippen LogP contribution in [0.25, 0.3) is 43.1 Å². The van der Waals surface area contributed by atoms with E-state index < -0.39 is 0 Å². The van der Waals surface area contributed by atoms with E-state index in [-0.39, 0.29) is 6.61 Å². The summed E-state index contributed by atoms with van der Waals surface area (Å²) in [7, 11) is 1.55. The fourth-order valence-electron chi connectivity index (χ4n) is 3.67. The molecule has 2 heteroatoms. The van der Waals surface area contributed by atoms with Gasteiger partial charge < -0.3 is 9.84 Å². The maximum absolute atomic E-state index is 7.94. The van der Waals surface area contributed by atoms with Gasteiger partial charge in [-0.15, -0.1) is 0 Å². The molecule has 0 aliphatic heterocycles. The Morgan fingerprint density at radius 2 is 1.00 bits per heavy atom. The summed E-state index contributed by atoms with van der Waals surface area (Å²) in [6.45, 7) is 0.566. The third kappa shape index (κ3) is 2.60. The summed E-state index contributed by atoms with van der Waals surface area (Å²) >= 11 is 0. The number of hydrogen-bond acceptors (Lipinski definition) is 2. The van der Waals surface area contributed by atoms with Crippen LogP contribution in [0.4, 0.5) is 0 Å². The Bertz CT molecular complexity index is 973. The summed E-state index contributed by atoms with van der Waals surface area (Å²) in [5, 5.41) is 18.8. The number of methoxy groups -OCH3 is 1. The average Bonchev–Trinajstić information content (AvgIpc) is 2.67. The third-order valence-corrected chi connectivity index (χ3v) is 4.69. The summed E-state index contributed by atoms with van der Waals surface area (Å²) in [6.07, 6.45) is 0. The lowest BCUT2D eigenvalue weighted by Gasteiger charge is -2.13. The van der Waals surface area contributed by atoms with Crippen molar-refractivity contribution in [2.45, 2.75) is 0 Å². The van der Waals surface area contributed by atoms with Crippen LogP contribution in [0.15, 0.2) is 72.8 Å². The SMILES string of the molecule is COCCO.c1cc2cccc3c4cccc5cccc(c(c1)c23)c54. The van der Waals surface area contributed by atoms with E-state index in [1.165, 1.54) is 43.1 Å². The van der Waals surface area contributed by atoms with Crippen LogP contribution in [0, 0.1) is 0 Å². The fraction of sp³-hybridized carbons (Fsp3) is 0.130. The van der Waals surface area contributed by atoms with Crippen molar-refractivity contribution in [3.8, 4) is 0 Å². The Morgan fingerprint density at radius 3 is 1.24 bits per heavy atom. The average molecular weight is 328 g/mol. The van der Waals surface area contributed by atoms with Crippen LogP contribution in [-0.2, 0) is 4.74 Å². The molecule has 1 N–H and O–H groups in total. The smallest absolute Gasteiger partial charge is 0.0693 e. The minimum Gasteiger partial charge on any atom is -0.394 e. The van der Waals surface area contributed by atoms with E-state index in [1.807, 2.05) is 0 Å². The summed E-state index contributed by atoms with van der Waals surface area (Å²) in [6, 6.07) is 26.4. The molecule has 0 heterocycles. The predicted molar refractivity (Wildman–Crippen MR) is 107 cm³/mol. The fourth-order valence-corrected chi connectivity index (χ4v) is 3.67. The molecule has 0 radical (unpaired) electrons. The molecule has 0 atom stereocenters. The molecule has 0 bridgehead atoms. The number of aliphatic hydroxyl groups is 1. The van der Waals surface area contributed by atoms with Crippen LogP contribution >= 0.6 is 0 Å². The minimum atomic E-state index is 0.122. The highest BCUT2D eigenvalue weighted by Gasteiger charge is 2.11. The van der Waals surface area contributed by atoms with Crippen molar-refractivity contribution < 1.29 is 9.84 Å². The Labute approximate surface area is 146 Å². The number of aliphatic hydroxyl groups excluding tert-OH is 1. The predicted octanol–water partition coefficient (Wildman–Crippen LogP) is 5.36. The zero-order valence-corrected chi connectivity index (χ0v) is 14.2. The number of hydrogen-bond donors (Lipinski definition) is 1. The topological polar surface area (TPSA) is 29.5 Å².